The molecule has 0 bridgehead atoms. The average molecular weight is 367 g/mol. The minimum Gasteiger partial charge on any atom is -0.398 e. The van der Waals surface area contributed by atoms with Crippen molar-refractivity contribution < 1.29 is 13.2 Å². The minimum absolute atomic E-state index is 0.338. The number of alkyl halides is 3. The third-order valence-corrected chi connectivity index (χ3v) is 4.18. The van der Waals surface area contributed by atoms with Gasteiger partial charge in [-0.25, -0.2) is 10.4 Å². The number of nitrogen functional groups attached to an aromatic ring is 1. The van der Waals surface area contributed by atoms with Gasteiger partial charge in [-0.1, -0.05) is 15.9 Å². The largest absolute Gasteiger partial charge is 0.443 e. The van der Waals surface area contributed by atoms with Gasteiger partial charge < -0.3 is 5.73 Å². The zero-order valence-corrected chi connectivity index (χ0v) is 12.3. The third-order valence-electron chi connectivity index (χ3n) is 2.58. The molecule has 1 heterocycles. The summed E-state index contributed by atoms with van der Waals surface area (Å²) in [6.45, 7) is 0. The Kier molecular flexibility index (Phi) is 4.33. The van der Waals surface area contributed by atoms with Crippen LogP contribution in [0.5, 0.6) is 0 Å². The molecule has 0 fully saturated rings. The number of rotatable bonds is 3. The molecule has 0 aliphatic carbocycles. The molecule has 0 amide bonds. The number of nitrogens with zero attached hydrogens (tertiary/aromatic N) is 1. The number of hydrazine groups is 1. The molecule has 108 valence electrons. The molecule has 1 aromatic heterocycles. The van der Waals surface area contributed by atoms with Crippen molar-refractivity contribution in [1.29, 1.82) is 0 Å². The van der Waals surface area contributed by atoms with Crippen LogP contribution in [0.25, 0.3) is 0 Å². The van der Waals surface area contributed by atoms with Gasteiger partial charge in [-0.2, -0.15) is 13.2 Å². The van der Waals surface area contributed by atoms with Gasteiger partial charge in [0.15, 0.2) is 5.01 Å². The van der Waals surface area contributed by atoms with E-state index in [1.807, 2.05) is 0 Å². The Balaban J connectivity index is 2.42. The summed E-state index contributed by atoms with van der Waals surface area (Å²) in [6.07, 6.45) is -3.32. The van der Waals surface area contributed by atoms with E-state index in [0.717, 1.165) is 10.7 Å². The minimum atomic E-state index is -4.47. The van der Waals surface area contributed by atoms with Crippen LogP contribution in [0.4, 0.5) is 18.9 Å². The lowest BCUT2D eigenvalue weighted by Gasteiger charge is -2.16. The normalized spacial score (nSPS) is 13.4. The third kappa shape index (κ3) is 3.11. The molecule has 0 saturated carbocycles. The standard InChI is InChI=1S/C11H10BrF3N4S/c12-5-1-2-7(16)6(3-5)9(19-17)8-4-18-10(20-8)11(13,14)15/h1-4,9,19H,16-17H2. The lowest BCUT2D eigenvalue weighted by molar-refractivity contribution is -0.137. The van der Waals surface area contributed by atoms with Crippen molar-refractivity contribution >= 4 is 33.0 Å². The maximum atomic E-state index is 12.6. The highest BCUT2D eigenvalue weighted by molar-refractivity contribution is 9.10. The molecule has 4 nitrogen and oxygen atoms in total. The first-order valence-electron chi connectivity index (χ1n) is 5.37. The first-order valence-corrected chi connectivity index (χ1v) is 6.98. The number of halogens is 4. The second-order valence-electron chi connectivity index (χ2n) is 3.94. The van der Waals surface area contributed by atoms with Crippen LogP contribution in [-0.4, -0.2) is 4.98 Å². The van der Waals surface area contributed by atoms with Crippen LogP contribution in [0.3, 0.4) is 0 Å². The summed E-state index contributed by atoms with van der Waals surface area (Å²) in [5, 5.41) is -0.915. The molecule has 0 spiro atoms. The van der Waals surface area contributed by atoms with Crippen LogP contribution in [0.2, 0.25) is 0 Å². The van der Waals surface area contributed by atoms with Crippen molar-refractivity contribution in [1.82, 2.24) is 10.4 Å². The molecular formula is C11H10BrF3N4S. The number of benzene rings is 1. The quantitative estimate of drug-likeness (QED) is 0.443. The number of anilines is 1. The molecule has 20 heavy (non-hydrogen) atoms. The average Bonchev–Trinajstić information content (AvgIpc) is 2.84. The summed E-state index contributed by atoms with van der Waals surface area (Å²) in [5.41, 5.74) is 9.32. The van der Waals surface area contributed by atoms with Crippen molar-refractivity contribution in [3.05, 3.63) is 44.3 Å². The smallest absolute Gasteiger partial charge is 0.398 e. The number of nitrogens with two attached hydrogens (primary N) is 2. The maximum absolute atomic E-state index is 12.6. The van der Waals surface area contributed by atoms with Gasteiger partial charge in [-0.05, 0) is 23.8 Å². The summed E-state index contributed by atoms with van der Waals surface area (Å²) in [6, 6.07) is 4.43. The van der Waals surface area contributed by atoms with Crippen LogP contribution >= 0.6 is 27.3 Å². The second kappa shape index (κ2) is 5.68. The Hall–Kier alpha value is -1.16. The van der Waals surface area contributed by atoms with Crippen LogP contribution < -0.4 is 17.0 Å². The second-order valence-corrected chi connectivity index (χ2v) is 5.92. The van der Waals surface area contributed by atoms with E-state index in [1.54, 1.807) is 18.2 Å². The van der Waals surface area contributed by atoms with Crippen molar-refractivity contribution in [3.63, 3.8) is 0 Å². The number of aromatic nitrogens is 1. The van der Waals surface area contributed by atoms with E-state index in [2.05, 4.69) is 26.3 Å². The first kappa shape index (κ1) is 15.2. The Morgan fingerprint density at radius 1 is 1.35 bits per heavy atom. The fraction of sp³-hybridized carbons (Fsp3) is 0.182. The van der Waals surface area contributed by atoms with E-state index in [4.69, 9.17) is 11.6 Å². The van der Waals surface area contributed by atoms with E-state index in [0.29, 0.717) is 27.5 Å². The van der Waals surface area contributed by atoms with Gasteiger partial charge in [-0.15, -0.1) is 11.3 Å². The fourth-order valence-electron chi connectivity index (χ4n) is 1.67. The van der Waals surface area contributed by atoms with Crippen LogP contribution in [0.1, 0.15) is 21.5 Å². The molecule has 0 aliphatic heterocycles. The molecule has 1 aromatic carbocycles. The summed E-state index contributed by atoms with van der Waals surface area (Å²) in [5.74, 6) is 5.45. The molecule has 2 aromatic rings. The maximum Gasteiger partial charge on any atom is 0.443 e. The van der Waals surface area contributed by atoms with Gasteiger partial charge in [0, 0.05) is 21.2 Å². The van der Waals surface area contributed by atoms with Crippen LogP contribution in [-0.2, 0) is 6.18 Å². The zero-order valence-electron chi connectivity index (χ0n) is 9.91. The molecule has 2 rings (SSSR count). The topological polar surface area (TPSA) is 77.0 Å². The Labute approximate surface area is 125 Å². The van der Waals surface area contributed by atoms with Crippen LogP contribution in [0.15, 0.2) is 28.9 Å². The SMILES string of the molecule is NNC(c1cnc(C(F)(F)F)s1)c1cc(Br)ccc1N. The summed E-state index contributed by atoms with van der Waals surface area (Å²) < 4.78 is 38.5. The summed E-state index contributed by atoms with van der Waals surface area (Å²) in [7, 11) is 0. The highest BCUT2D eigenvalue weighted by Crippen LogP contribution is 2.37. The predicted molar refractivity (Wildman–Crippen MR) is 74.8 cm³/mol. The molecule has 1 atom stereocenters. The highest BCUT2D eigenvalue weighted by atomic mass is 79.9. The molecule has 0 saturated heterocycles. The van der Waals surface area contributed by atoms with Crippen molar-refractivity contribution in [2.24, 2.45) is 5.84 Å². The van der Waals surface area contributed by atoms with Crippen molar-refractivity contribution in [3.8, 4) is 0 Å². The highest BCUT2D eigenvalue weighted by Gasteiger charge is 2.35. The number of hydrogen-bond acceptors (Lipinski definition) is 5. The number of thiazole rings is 1. The molecule has 0 aliphatic rings. The number of hydrogen-bond donors (Lipinski definition) is 3. The first-order chi connectivity index (χ1) is 9.32. The monoisotopic (exact) mass is 366 g/mol. The molecule has 9 heteroatoms. The van der Waals surface area contributed by atoms with E-state index < -0.39 is 17.2 Å². The molecule has 0 radical (unpaired) electrons. The Morgan fingerprint density at radius 2 is 2.05 bits per heavy atom. The van der Waals surface area contributed by atoms with Gasteiger partial charge in [0.05, 0.1) is 6.04 Å². The Morgan fingerprint density at radius 3 is 2.60 bits per heavy atom. The molecule has 5 N–H and O–H groups in total. The fourth-order valence-corrected chi connectivity index (χ4v) is 2.91. The van der Waals surface area contributed by atoms with Crippen molar-refractivity contribution in [2.45, 2.75) is 12.2 Å². The van der Waals surface area contributed by atoms with E-state index >= 15 is 0 Å². The van der Waals surface area contributed by atoms with Gasteiger partial charge >= 0.3 is 6.18 Å². The van der Waals surface area contributed by atoms with Crippen molar-refractivity contribution in [2.75, 3.05) is 5.73 Å². The van der Waals surface area contributed by atoms with Gasteiger partial charge in [0.2, 0.25) is 0 Å². The lowest BCUT2D eigenvalue weighted by atomic mass is 10.0. The van der Waals surface area contributed by atoms with Gasteiger partial charge in [0.1, 0.15) is 0 Å². The zero-order chi connectivity index (χ0) is 14.9. The Bertz CT molecular complexity index is 614. The van der Waals surface area contributed by atoms with E-state index in [1.165, 1.54) is 0 Å². The number of nitrogens with one attached hydrogen (secondary N) is 1. The summed E-state index contributed by atoms with van der Waals surface area (Å²) in [4.78, 5) is 3.72. The van der Waals surface area contributed by atoms with Crippen LogP contribution in [0, 0.1) is 0 Å². The molecule has 1 unspecified atom stereocenters. The van der Waals surface area contributed by atoms with E-state index in [-0.39, 0.29) is 0 Å². The molecular weight excluding hydrogens is 357 g/mol. The lowest BCUT2D eigenvalue weighted by Crippen LogP contribution is -2.28. The predicted octanol–water partition coefficient (Wildman–Crippen LogP) is 3.06. The summed E-state index contributed by atoms with van der Waals surface area (Å²) >= 11 is 3.82. The van der Waals surface area contributed by atoms with Gasteiger partial charge in [-0.3, -0.25) is 5.84 Å². The van der Waals surface area contributed by atoms with Gasteiger partial charge in [0.25, 0.3) is 0 Å². The van der Waals surface area contributed by atoms with E-state index in [9.17, 15) is 13.2 Å².